The number of anilines is 3. The van der Waals surface area contributed by atoms with Crippen molar-refractivity contribution in [3.8, 4) is 0 Å². The Kier molecular flexibility index (Phi) is 4.76. The zero-order chi connectivity index (χ0) is 17.2. The average Bonchev–Trinajstić information content (AvgIpc) is 2.89. The van der Waals surface area contributed by atoms with Gasteiger partial charge in [-0.15, -0.1) is 0 Å². The predicted octanol–water partition coefficient (Wildman–Crippen LogP) is 3.71. The summed E-state index contributed by atoms with van der Waals surface area (Å²) in [6.45, 7) is 4.15. The summed E-state index contributed by atoms with van der Waals surface area (Å²) < 4.78 is 26.5. The first kappa shape index (κ1) is 16.8. The molecule has 0 amide bonds. The van der Waals surface area contributed by atoms with Gasteiger partial charge in [-0.05, 0) is 43.5 Å². The van der Waals surface area contributed by atoms with Crippen LogP contribution in [0.15, 0.2) is 42.6 Å². The van der Waals surface area contributed by atoms with Crippen molar-refractivity contribution in [3.63, 3.8) is 0 Å². The zero-order valence-corrected chi connectivity index (χ0v) is 14.9. The Morgan fingerprint density at radius 1 is 1.25 bits per heavy atom. The number of nitrogens with zero attached hydrogens (tertiary/aromatic N) is 2. The largest absolute Gasteiger partial charge is 0.337 e. The molecule has 5 nitrogen and oxygen atoms in total. The van der Waals surface area contributed by atoms with Crippen LogP contribution < -0.4 is 9.62 Å². The fourth-order valence-corrected chi connectivity index (χ4v) is 4.30. The van der Waals surface area contributed by atoms with Gasteiger partial charge in [0, 0.05) is 11.7 Å². The third-order valence-electron chi connectivity index (χ3n) is 4.26. The number of nitrogens with one attached hydrogen (secondary N) is 1. The molecule has 1 atom stereocenters. The number of hydrogen-bond donors (Lipinski definition) is 1. The van der Waals surface area contributed by atoms with Gasteiger partial charge in [-0.3, -0.25) is 4.72 Å². The van der Waals surface area contributed by atoms with E-state index >= 15 is 0 Å². The molecule has 0 radical (unpaired) electrons. The van der Waals surface area contributed by atoms with E-state index in [9.17, 15) is 8.42 Å². The maximum Gasteiger partial charge on any atom is 0.233 e. The molecule has 1 aliphatic heterocycles. The predicted molar refractivity (Wildman–Crippen MR) is 98.3 cm³/mol. The maximum absolute atomic E-state index is 12.0. The molecule has 0 aliphatic carbocycles. The molecule has 24 heavy (non-hydrogen) atoms. The number of benzene rings is 1. The molecule has 128 valence electrons. The van der Waals surface area contributed by atoms with Crippen LogP contribution in [-0.2, 0) is 16.4 Å². The van der Waals surface area contributed by atoms with Crippen LogP contribution >= 0.6 is 0 Å². The lowest BCUT2D eigenvalue weighted by molar-refractivity contribution is 0.597. The summed E-state index contributed by atoms with van der Waals surface area (Å²) in [6.07, 6.45) is 4.23. The second-order valence-corrected chi connectivity index (χ2v) is 8.07. The van der Waals surface area contributed by atoms with E-state index in [4.69, 9.17) is 0 Å². The normalized spacial score (nSPS) is 16.9. The Morgan fingerprint density at radius 2 is 2.04 bits per heavy atom. The first-order valence-corrected chi connectivity index (χ1v) is 9.99. The van der Waals surface area contributed by atoms with E-state index in [-0.39, 0.29) is 5.75 Å². The number of fused-ring (bicyclic) bond motifs is 1. The molecule has 0 saturated heterocycles. The quantitative estimate of drug-likeness (QED) is 0.867. The lowest BCUT2D eigenvalue weighted by Gasteiger charge is -2.24. The molecule has 6 heteroatoms. The minimum atomic E-state index is -3.31. The molecule has 0 bridgehead atoms. The molecule has 1 aliphatic rings. The van der Waals surface area contributed by atoms with Crippen LogP contribution in [0.3, 0.4) is 0 Å². The summed E-state index contributed by atoms with van der Waals surface area (Å²) in [5.74, 6) is 0.499. The molecule has 0 spiro atoms. The van der Waals surface area contributed by atoms with Crippen molar-refractivity contribution in [2.75, 3.05) is 15.4 Å². The Bertz CT molecular complexity index is 803. The van der Waals surface area contributed by atoms with Crippen LogP contribution in [0.2, 0.25) is 0 Å². The molecular formula is C18H23N3O2S. The summed E-state index contributed by atoms with van der Waals surface area (Å²) in [4.78, 5) is 6.54. The van der Waals surface area contributed by atoms with E-state index < -0.39 is 10.0 Å². The Hall–Kier alpha value is -2.08. The highest BCUT2D eigenvalue weighted by Gasteiger charge is 2.26. The number of para-hydroxylation sites is 1. The van der Waals surface area contributed by atoms with Gasteiger partial charge >= 0.3 is 0 Å². The minimum Gasteiger partial charge on any atom is -0.337 e. The van der Waals surface area contributed by atoms with E-state index in [1.807, 2.05) is 19.1 Å². The molecule has 0 fully saturated rings. The number of aromatic nitrogens is 1. The molecule has 1 aromatic carbocycles. The first-order chi connectivity index (χ1) is 11.5. The van der Waals surface area contributed by atoms with E-state index in [0.29, 0.717) is 18.3 Å². The van der Waals surface area contributed by atoms with Crippen LogP contribution in [-0.4, -0.2) is 25.2 Å². The number of rotatable bonds is 6. The summed E-state index contributed by atoms with van der Waals surface area (Å²) in [5.41, 5.74) is 3.50. The van der Waals surface area contributed by atoms with Crippen LogP contribution in [0.4, 0.5) is 17.2 Å². The number of pyridine rings is 1. The number of sulfonamides is 1. The molecular weight excluding hydrogens is 322 g/mol. The van der Waals surface area contributed by atoms with Crippen LogP contribution in [0.25, 0.3) is 0 Å². The van der Waals surface area contributed by atoms with Gasteiger partial charge in [0.1, 0.15) is 5.82 Å². The van der Waals surface area contributed by atoms with Gasteiger partial charge in [0.2, 0.25) is 10.0 Å². The second-order valence-electron chi connectivity index (χ2n) is 6.23. The topological polar surface area (TPSA) is 62.3 Å². The molecule has 1 aromatic heterocycles. The van der Waals surface area contributed by atoms with Crippen LogP contribution in [0.5, 0.6) is 0 Å². The lowest BCUT2D eigenvalue weighted by Crippen LogP contribution is -2.24. The van der Waals surface area contributed by atoms with Gasteiger partial charge in [0.15, 0.2) is 0 Å². The Morgan fingerprint density at radius 3 is 2.75 bits per heavy atom. The maximum atomic E-state index is 12.0. The van der Waals surface area contributed by atoms with Crippen molar-refractivity contribution in [1.29, 1.82) is 0 Å². The molecule has 1 unspecified atom stereocenters. The summed E-state index contributed by atoms with van der Waals surface area (Å²) in [7, 11) is -3.31. The molecule has 0 saturated carbocycles. The smallest absolute Gasteiger partial charge is 0.233 e. The van der Waals surface area contributed by atoms with Crippen LogP contribution in [0.1, 0.15) is 32.3 Å². The van der Waals surface area contributed by atoms with Gasteiger partial charge in [0.25, 0.3) is 0 Å². The summed E-state index contributed by atoms with van der Waals surface area (Å²) >= 11 is 0. The van der Waals surface area contributed by atoms with Crippen molar-refractivity contribution < 1.29 is 8.42 Å². The van der Waals surface area contributed by atoms with Crippen molar-refractivity contribution in [3.05, 3.63) is 48.2 Å². The standard InChI is InChI=1S/C18H23N3O2S/c1-3-4-11-24(22,23)20-18-10-9-16(13-19-18)21-14(2)12-15-7-5-6-8-17(15)21/h5-10,13-14H,3-4,11-12H2,1-2H3,(H,19,20). The zero-order valence-electron chi connectivity index (χ0n) is 14.1. The van der Waals surface area contributed by atoms with Crippen LogP contribution in [0, 0.1) is 0 Å². The molecule has 1 N–H and O–H groups in total. The molecule has 2 aromatic rings. The highest BCUT2D eigenvalue weighted by atomic mass is 32.2. The van der Waals surface area contributed by atoms with Gasteiger partial charge in [-0.1, -0.05) is 31.5 Å². The third-order valence-corrected chi connectivity index (χ3v) is 5.61. The Balaban J connectivity index is 1.78. The van der Waals surface area contributed by atoms with E-state index in [1.165, 1.54) is 11.3 Å². The van der Waals surface area contributed by atoms with Crippen molar-refractivity contribution in [2.45, 2.75) is 39.2 Å². The molecule has 2 heterocycles. The fourth-order valence-electron chi connectivity index (χ4n) is 3.09. The highest BCUT2D eigenvalue weighted by molar-refractivity contribution is 7.92. The monoisotopic (exact) mass is 345 g/mol. The van der Waals surface area contributed by atoms with E-state index in [2.05, 4.69) is 39.7 Å². The highest BCUT2D eigenvalue weighted by Crippen LogP contribution is 2.37. The van der Waals surface area contributed by atoms with E-state index in [0.717, 1.165) is 18.5 Å². The van der Waals surface area contributed by atoms with Gasteiger partial charge < -0.3 is 4.90 Å². The second kappa shape index (κ2) is 6.81. The molecule has 3 rings (SSSR count). The third kappa shape index (κ3) is 3.53. The van der Waals surface area contributed by atoms with Crippen molar-refractivity contribution >= 4 is 27.2 Å². The van der Waals surface area contributed by atoms with Gasteiger partial charge in [-0.2, -0.15) is 0 Å². The number of hydrogen-bond acceptors (Lipinski definition) is 4. The van der Waals surface area contributed by atoms with Crippen molar-refractivity contribution in [1.82, 2.24) is 4.98 Å². The fraction of sp³-hybridized carbons (Fsp3) is 0.389. The summed E-state index contributed by atoms with van der Waals surface area (Å²) in [6, 6.07) is 12.4. The average molecular weight is 345 g/mol. The van der Waals surface area contributed by atoms with E-state index in [1.54, 1.807) is 12.3 Å². The Labute approximate surface area is 143 Å². The van der Waals surface area contributed by atoms with Crippen molar-refractivity contribution in [2.24, 2.45) is 0 Å². The summed E-state index contributed by atoms with van der Waals surface area (Å²) in [5, 5.41) is 0. The van der Waals surface area contributed by atoms with Gasteiger partial charge in [0.05, 0.1) is 17.6 Å². The number of unbranched alkanes of at least 4 members (excludes halogenated alkanes) is 1. The first-order valence-electron chi connectivity index (χ1n) is 8.34. The van der Waals surface area contributed by atoms with Gasteiger partial charge in [-0.25, -0.2) is 13.4 Å². The lowest BCUT2D eigenvalue weighted by atomic mass is 10.1. The SMILES string of the molecule is CCCCS(=O)(=O)Nc1ccc(N2c3ccccc3CC2C)cn1. The minimum absolute atomic E-state index is 0.128.